The maximum atomic E-state index is 12.1. The lowest BCUT2D eigenvalue weighted by molar-refractivity contribution is 0.00673. The van der Waals surface area contributed by atoms with Crippen LogP contribution in [-0.2, 0) is 11.3 Å². The molecule has 5 heteroatoms. The second-order valence-corrected chi connectivity index (χ2v) is 5.74. The van der Waals surface area contributed by atoms with E-state index in [0.717, 1.165) is 25.1 Å². The Morgan fingerprint density at radius 1 is 1.61 bits per heavy atom. The van der Waals surface area contributed by atoms with Crippen molar-refractivity contribution < 1.29 is 9.53 Å². The molecule has 2 heterocycles. The fraction of sp³-hybridized carbons (Fsp3) is 0.692. The van der Waals surface area contributed by atoms with Gasteiger partial charge in [0.15, 0.2) is 0 Å². The van der Waals surface area contributed by atoms with Crippen molar-refractivity contribution in [1.29, 1.82) is 0 Å². The maximum Gasteiger partial charge on any atom is 0.342 e. The molecule has 1 aliphatic heterocycles. The van der Waals surface area contributed by atoms with E-state index in [1.807, 2.05) is 25.5 Å². The van der Waals surface area contributed by atoms with Crippen molar-refractivity contribution in [3.05, 3.63) is 17.5 Å². The van der Waals surface area contributed by atoms with Gasteiger partial charge in [-0.05, 0) is 33.6 Å². The molecular formula is C13H21N3O2. The molecule has 0 aliphatic carbocycles. The van der Waals surface area contributed by atoms with Crippen LogP contribution >= 0.6 is 0 Å². The lowest BCUT2D eigenvalue weighted by Crippen LogP contribution is -2.27. The lowest BCUT2D eigenvalue weighted by atomic mass is 9.93. The molecule has 2 rings (SSSR count). The number of nitrogens with zero attached hydrogens (tertiary/aromatic N) is 2. The van der Waals surface area contributed by atoms with Crippen molar-refractivity contribution in [2.75, 3.05) is 6.54 Å². The molecule has 0 spiro atoms. The first-order valence-corrected chi connectivity index (χ1v) is 6.41. The normalized spacial score (nSPS) is 19.4. The molecule has 0 fully saturated rings. The predicted molar refractivity (Wildman–Crippen MR) is 68.4 cm³/mol. The van der Waals surface area contributed by atoms with Crippen LogP contribution in [0.1, 0.15) is 55.6 Å². The monoisotopic (exact) mass is 251 g/mol. The largest absolute Gasteiger partial charge is 0.456 e. The third-order valence-electron chi connectivity index (χ3n) is 3.09. The minimum absolute atomic E-state index is 0.212. The van der Waals surface area contributed by atoms with E-state index >= 15 is 0 Å². The van der Waals surface area contributed by atoms with Crippen LogP contribution in [0, 0.1) is 0 Å². The Kier molecular flexibility index (Phi) is 3.43. The first-order chi connectivity index (χ1) is 8.42. The summed E-state index contributed by atoms with van der Waals surface area (Å²) in [4.78, 5) is 12.1. The van der Waals surface area contributed by atoms with Gasteiger partial charge in [0.1, 0.15) is 11.2 Å². The maximum absolute atomic E-state index is 12.1. The van der Waals surface area contributed by atoms with Crippen LogP contribution in [0.2, 0.25) is 0 Å². The zero-order chi connectivity index (χ0) is 13.3. The van der Waals surface area contributed by atoms with Gasteiger partial charge in [0.05, 0.1) is 11.9 Å². The summed E-state index contributed by atoms with van der Waals surface area (Å²) in [7, 11) is 0. The number of rotatable bonds is 2. The minimum Gasteiger partial charge on any atom is -0.456 e. The third kappa shape index (κ3) is 2.56. The van der Waals surface area contributed by atoms with Crippen LogP contribution in [0.25, 0.3) is 0 Å². The summed E-state index contributed by atoms with van der Waals surface area (Å²) in [5.74, 6) is -0.0899. The molecule has 1 aromatic rings. The second kappa shape index (κ2) is 4.72. The van der Waals surface area contributed by atoms with Crippen molar-refractivity contribution in [3.63, 3.8) is 0 Å². The van der Waals surface area contributed by atoms with Gasteiger partial charge < -0.3 is 10.5 Å². The molecule has 0 aromatic carbocycles. The summed E-state index contributed by atoms with van der Waals surface area (Å²) in [6, 6.07) is 0. The summed E-state index contributed by atoms with van der Waals surface area (Å²) in [5, 5.41) is 4.27. The van der Waals surface area contributed by atoms with E-state index < -0.39 is 5.60 Å². The topological polar surface area (TPSA) is 70.1 Å². The van der Waals surface area contributed by atoms with E-state index in [0.29, 0.717) is 12.1 Å². The molecule has 0 saturated carbocycles. The number of ether oxygens (including phenoxy) is 1. The van der Waals surface area contributed by atoms with Crippen molar-refractivity contribution in [1.82, 2.24) is 9.78 Å². The molecule has 100 valence electrons. The van der Waals surface area contributed by atoms with Gasteiger partial charge >= 0.3 is 5.97 Å². The third-order valence-corrected chi connectivity index (χ3v) is 3.09. The van der Waals surface area contributed by atoms with E-state index in [-0.39, 0.29) is 11.9 Å². The van der Waals surface area contributed by atoms with Crippen LogP contribution in [0.15, 0.2) is 6.20 Å². The molecule has 0 saturated heterocycles. The first-order valence-electron chi connectivity index (χ1n) is 6.41. The highest BCUT2D eigenvalue weighted by atomic mass is 16.6. The summed E-state index contributed by atoms with van der Waals surface area (Å²) >= 11 is 0. The summed E-state index contributed by atoms with van der Waals surface area (Å²) < 4.78 is 7.30. The standard InChI is InChI=1S/C13H21N3O2/c1-13(2,3)18-12(17)10-8-15-16-6-4-5-9(7-14)11(10)16/h8-9H,4-7,14H2,1-3H3/t9-/m0/s1. The number of aromatic nitrogens is 2. The number of carbonyl (C=O) groups is 1. The molecule has 5 nitrogen and oxygen atoms in total. The van der Waals surface area contributed by atoms with Gasteiger partial charge in [0.2, 0.25) is 0 Å². The van der Waals surface area contributed by atoms with Crippen LogP contribution in [0.5, 0.6) is 0 Å². The average molecular weight is 251 g/mol. The molecule has 1 aliphatic rings. The Labute approximate surface area is 107 Å². The zero-order valence-electron chi connectivity index (χ0n) is 11.3. The van der Waals surface area contributed by atoms with E-state index in [4.69, 9.17) is 10.5 Å². The molecule has 0 unspecified atom stereocenters. The summed E-state index contributed by atoms with van der Waals surface area (Å²) in [6.07, 6.45) is 3.68. The van der Waals surface area contributed by atoms with Crippen LogP contribution in [0.3, 0.4) is 0 Å². The number of esters is 1. The van der Waals surface area contributed by atoms with Gasteiger partial charge in [-0.15, -0.1) is 0 Å². The predicted octanol–water partition coefficient (Wildman–Crippen LogP) is 1.67. The first kappa shape index (κ1) is 13.1. The Morgan fingerprint density at radius 2 is 2.33 bits per heavy atom. The zero-order valence-corrected chi connectivity index (χ0v) is 11.3. The van der Waals surface area contributed by atoms with Gasteiger partial charge in [-0.1, -0.05) is 0 Å². The van der Waals surface area contributed by atoms with E-state index in [2.05, 4.69) is 5.10 Å². The molecular weight excluding hydrogens is 230 g/mol. The Balaban J connectivity index is 2.30. The van der Waals surface area contributed by atoms with E-state index in [1.54, 1.807) is 6.20 Å². The molecule has 0 bridgehead atoms. The van der Waals surface area contributed by atoms with Crippen LogP contribution < -0.4 is 5.73 Å². The SMILES string of the molecule is CC(C)(C)OC(=O)c1cnn2c1[C@H](CN)CCC2. The van der Waals surface area contributed by atoms with Gasteiger partial charge in [0.25, 0.3) is 0 Å². The average Bonchev–Trinajstić information content (AvgIpc) is 2.70. The number of aryl methyl sites for hydroxylation is 1. The highest BCUT2D eigenvalue weighted by molar-refractivity contribution is 5.91. The minimum atomic E-state index is -0.487. The van der Waals surface area contributed by atoms with Crippen molar-refractivity contribution in [2.24, 2.45) is 5.73 Å². The summed E-state index contributed by atoms with van der Waals surface area (Å²) in [5.41, 5.74) is 6.81. The van der Waals surface area contributed by atoms with Crippen molar-refractivity contribution in [3.8, 4) is 0 Å². The second-order valence-electron chi connectivity index (χ2n) is 5.74. The fourth-order valence-corrected chi connectivity index (χ4v) is 2.35. The Bertz CT molecular complexity index is 446. The molecule has 0 amide bonds. The van der Waals surface area contributed by atoms with Gasteiger partial charge in [-0.3, -0.25) is 4.68 Å². The smallest absolute Gasteiger partial charge is 0.342 e. The summed E-state index contributed by atoms with van der Waals surface area (Å²) in [6.45, 7) is 6.99. The molecule has 1 atom stereocenters. The fourth-order valence-electron chi connectivity index (χ4n) is 2.35. The Hall–Kier alpha value is -1.36. The Morgan fingerprint density at radius 3 is 2.94 bits per heavy atom. The number of nitrogens with two attached hydrogens (primary N) is 1. The number of hydrogen-bond acceptors (Lipinski definition) is 4. The quantitative estimate of drug-likeness (QED) is 0.812. The van der Waals surface area contributed by atoms with E-state index in [1.165, 1.54) is 0 Å². The van der Waals surface area contributed by atoms with Gasteiger partial charge in [-0.25, -0.2) is 4.79 Å². The van der Waals surface area contributed by atoms with Crippen molar-refractivity contribution in [2.45, 2.75) is 51.7 Å². The number of hydrogen-bond donors (Lipinski definition) is 1. The molecule has 0 radical (unpaired) electrons. The van der Waals surface area contributed by atoms with Gasteiger partial charge in [0, 0.05) is 19.0 Å². The number of fused-ring (bicyclic) bond motifs is 1. The van der Waals surface area contributed by atoms with Crippen LogP contribution in [-0.4, -0.2) is 27.9 Å². The molecule has 2 N–H and O–H groups in total. The highest BCUT2D eigenvalue weighted by Crippen LogP contribution is 2.29. The van der Waals surface area contributed by atoms with Crippen LogP contribution in [0.4, 0.5) is 0 Å². The van der Waals surface area contributed by atoms with E-state index in [9.17, 15) is 4.79 Å². The lowest BCUT2D eigenvalue weighted by Gasteiger charge is -2.24. The molecule has 1 aromatic heterocycles. The van der Waals surface area contributed by atoms with Crippen molar-refractivity contribution >= 4 is 5.97 Å². The van der Waals surface area contributed by atoms with Gasteiger partial charge in [-0.2, -0.15) is 5.10 Å². The molecule has 18 heavy (non-hydrogen) atoms. The number of carbonyl (C=O) groups excluding carboxylic acids is 1. The highest BCUT2D eigenvalue weighted by Gasteiger charge is 2.29.